The number of aromatic nitrogens is 2. The smallest absolute Gasteiger partial charge is 0.141 e. The molecule has 4 rings (SSSR count). The fourth-order valence-electron chi connectivity index (χ4n) is 3.60. The third kappa shape index (κ3) is 4.67. The lowest BCUT2D eigenvalue weighted by Gasteiger charge is -2.32. The predicted octanol–water partition coefficient (Wildman–Crippen LogP) is 4.44. The number of pyridine rings is 1. The van der Waals surface area contributed by atoms with Crippen LogP contribution >= 0.6 is 36.4 Å². The van der Waals surface area contributed by atoms with Crippen molar-refractivity contribution >= 4 is 47.7 Å². The van der Waals surface area contributed by atoms with Gasteiger partial charge in [-0.15, -0.1) is 24.8 Å². The second-order valence-corrected chi connectivity index (χ2v) is 7.22. The monoisotopic (exact) mass is 458 g/mol. The minimum Gasteiger partial charge on any atom is -0.496 e. The Hall–Kier alpha value is -1.86. The summed E-state index contributed by atoms with van der Waals surface area (Å²) in [5.41, 5.74) is 9.77. The van der Waals surface area contributed by atoms with Crippen LogP contribution in [0.2, 0.25) is 5.02 Å². The Morgan fingerprint density at radius 2 is 1.90 bits per heavy atom. The van der Waals surface area contributed by atoms with Crippen LogP contribution in [0.15, 0.2) is 36.7 Å². The van der Waals surface area contributed by atoms with Crippen LogP contribution in [0, 0.1) is 0 Å². The molecule has 3 heterocycles. The van der Waals surface area contributed by atoms with E-state index in [-0.39, 0.29) is 30.9 Å². The summed E-state index contributed by atoms with van der Waals surface area (Å²) in [5, 5.41) is 0.522. The van der Waals surface area contributed by atoms with E-state index >= 15 is 0 Å². The van der Waals surface area contributed by atoms with Crippen molar-refractivity contribution in [3.8, 4) is 22.8 Å². The highest BCUT2D eigenvalue weighted by atomic mass is 35.5. The van der Waals surface area contributed by atoms with E-state index in [1.165, 1.54) is 0 Å². The van der Waals surface area contributed by atoms with Crippen LogP contribution in [0.1, 0.15) is 12.8 Å². The van der Waals surface area contributed by atoms with Gasteiger partial charge in [0.2, 0.25) is 0 Å². The van der Waals surface area contributed by atoms with Gasteiger partial charge in [-0.25, -0.2) is 4.98 Å². The van der Waals surface area contributed by atoms with Gasteiger partial charge in [-0.3, -0.25) is 0 Å². The molecule has 0 unspecified atom stereocenters. The molecule has 1 aliphatic rings. The van der Waals surface area contributed by atoms with Crippen LogP contribution in [0.4, 0.5) is 5.69 Å². The zero-order valence-corrected chi connectivity index (χ0v) is 18.7. The number of ether oxygens (including phenoxy) is 2. The Bertz CT molecular complexity index is 980. The van der Waals surface area contributed by atoms with E-state index in [4.69, 9.17) is 31.8 Å². The molecule has 2 N–H and O–H groups in total. The summed E-state index contributed by atoms with van der Waals surface area (Å²) in [4.78, 5) is 7.12. The summed E-state index contributed by atoms with van der Waals surface area (Å²) in [6, 6.07) is 8.04. The van der Waals surface area contributed by atoms with Gasteiger partial charge in [-0.05, 0) is 25.0 Å². The maximum Gasteiger partial charge on any atom is 0.141 e. The largest absolute Gasteiger partial charge is 0.496 e. The summed E-state index contributed by atoms with van der Waals surface area (Å²) in [6.45, 7) is 1.91. The van der Waals surface area contributed by atoms with E-state index in [1.54, 1.807) is 20.3 Å². The number of methoxy groups -OCH3 is 2. The molecule has 0 spiro atoms. The second kappa shape index (κ2) is 9.76. The number of nitrogens with two attached hydrogens (primary N) is 1. The summed E-state index contributed by atoms with van der Waals surface area (Å²) >= 11 is 6.31. The number of nitrogens with zero attached hydrogens (tertiary/aromatic N) is 3. The van der Waals surface area contributed by atoms with Crippen LogP contribution in [-0.4, -0.2) is 42.7 Å². The minimum atomic E-state index is 0. The quantitative estimate of drug-likeness (QED) is 0.625. The topological polar surface area (TPSA) is 65.0 Å². The first-order valence-electron chi connectivity index (χ1n) is 9.00. The third-order valence-electron chi connectivity index (χ3n) is 5.02. The number of fused-ring (bicyclic) bond motifs is 1. The first-order valence-corrected chi connectivity index (χ1v) is 9.38. The molecular formula is C20H25Cl3N4O2. The lowest BCUT2D eigenvalue weighted by atomic mass is 10.1. The number of halogens is 3. The van der Waals surface area contributed by atoms with Crippen LogP contribution in [0.5, 0.6) is 11.5 Å². The van der Waals surface area contributed by atoms with E-state index in [1.807, 2.05) is 22.9 Å². The molecular weight excluding hydrogens is 435 g/mol. The third-order valence-corrected chi connectivity index (χ3v) is 5.31. The van der Waals surface area contributed by atoms with Gasteiger partial charge in [0.1, 0.15) is 17.1 Å². The van der Waals surface area contributed by atoms with Crippen molar-refractivity contribution in [3.63, 3.8) is 0 Å². The number of hydrogen-bond acceptors (Lipinski definition) is 5. The number of imidazole rings is 1. The summed E-state index contributed by atoms with van der Waals surface area (Å²) in [5.74, 6) is 1.24. The molecule has 0 radical (unpaired) electrons. The maximum absolute atomic E-state index is 6.31. The van der Waals surface area contributed by atoms with Gasteiger partial charge in [0, 0.05) is 54.9 Å². The number of rotatable bonds is 4. The van der Waals surface area contributed by atoms with Crippen molar-refractivity contribution in [2.24, 2.45) is 5.73 Å². The van der Waals surface area contributed by atoms with E-state index in [0.717, 1.165) is 48.5 Å². The van der Waals surface area contributed by atoms with E-state index in [9.17, 15) is 0 Å². The summed E-state index contributed by atoms with van der Waals surface area (Å²) < 4.78 is 12.8. The van der Waals surface area contributed by atoms with Crippen LogP contribution in [0.25, 0.3) is 16.9 Å². The number of anilines is 1. The van der Waals surface area contributed by atoms with Crippen molar-refractivity contribution < 1.29 is 9.47 Å². The number of benzene rings is 1. The first-order chi connectivity index (χ1) is 13.1. The Kier molecular flexibility index (Phi) is 7.88. The molecule has 1 atom stereocenters. The van der Waals surface area contributed by atoms with Gasteiger partial charge in [0.05, 0.1) is 24.9 Å². The Morgan fingerprint density at radius 3 is 2.59 bits per heavy atom. The summed E-state index contributed by atoms with van der Waals surface area (Å²) in [7, 11) is 3.21. The molecule has 29 heavy (non-hydrogen) atoms. The Morgan fingerprint density at radius 1 is 1.14 bits per heavy atom. The molecule has 1 fully saturated rings. The first kappa shape index (κ1) is 23.4. The van der Waals surface area contributed by atoms with Gasteiger partial charge in [-0.1, -0.05) is 11.6 Å². The molecule has 0 aliphatic carbocycles. The lowest BCUT2D eigenvalue weighted by Crippen LogP contribution is -2.42. The van der Waals surface area contributed by atoms with Gasteiger partial charge in [-0.2, -0.15) is 0 Å². The highest BCUT2D eigenvalue weighted by Gasteiger charge is 2.18. The molecule has 2 aromatic heterocycles. The van der Waals surface area contributed by atoms with Crippen LogP contribution < -0.4 is 20.1 Å². The predicted molar refractivity (Wildman–Crippen MR) is 123 cm³/mol. The highest BCUT2D eigenvalue weighted by molar-refractivity contribution is 6.32. The van der Waals surface area contributed by atoms with E-state index < -0.39 is 0 Å². The molecule has 1 aromatic carbocycles. The molecule has 0 amide bonds. The van der Waals surface area contributed by atoms with Gasteiger partial charge >= 0.3 is 0 Å². The molecule has 0 bridgehead atoms. The highest BCUT2D eigenvalue weighted by Crippen LogP contribution is 2.38. The fraction of sp³-hybridized carbons (Fsp3) is 0.350. The zero-order chi connectivity index (χ0) is 19.0. The van der Waals surface area contributed by atoms with Crippen molar-refractivity contribution in [3.05, 3.63) is 41.7 Å². The fourth-order valence-corrected chi connectivity index (χ4v) is 3.84. The SMILES string of the molecule is COc1cc(OC)c(-c2cn3ccc(N4CCC[C@@H](N)C4)cc3n2)cc1Cl.Cl.Cl. The van der Waals surface area contributed by atoms with Gasteiger partial charge in [0.15, 0.2) is 0 Å². The van der Waals surface area contributed by atoms with Gasteiger partial charge < -0.3 is 24.5 Å². The van der Waals surface area contributed by atoms with Crippen LogP contribution in [0.3, 0.4) is 0 Å². The van der Waals surface area contributed by atoms with Crippen LogP contribution in [-0.2, 0) is 0 Å². The molecule has 1 saturated heterocycles. The van der Waals surface area contributed by atoms with E-state index in [0.29, 0.717) is 16.5 Å². The molecule has 0 saturated carbocycles. The van der Waals surface area contributed by atoms with Crippen molar-refractivity contribution in [1.82, 2.24) is 9.38 Å². The number of hydrogen-bond donors (Lipinski definition) is 1. The van der Waals surface area contributed by atoms with Crippen molar-refractivity contribution in [1.29, 1.82) is 0 Å². The van der Waals surface area contributed by atoms with Crippen molar-refractivity contribution in [2.45, 2.75) is 18.9 Å². The standard InChI is InChI=1S/C20H23ClN4O2.2ClH/c1-26-18-10-19(27-2)16(21)9-15(18)17-12-25-7-5-14(8-20(25)23-17)24-6-3-4-13(22)11-24;;/h5,7-10,12-13H,3-4,6,11,22H2,1-2H3;2*1H/t13-;;/m1../s1. The summed E-state index contributed by atoms with van der Waals surface area (Å²) in [6.07, 6.45) is 6.21. The Labute approximate surface area is 187 Å². The zero-order valence-electron chi connectivity index (χ0n) is 16.3. The molecule has 9 heteroatoms. The van der Waals surface area contributed by atoms with E-state index in [2.05, 4.69) is 17.0 Å². The molecule has 3 aromatic rings. The molecule has 6 nitrogen and oxygen atoms in total. The molecule has 158 valence electrons. The normalized spacial score (nSPS) is 16.1. The van der Waals surface area contributed by atoms with Crippen molar-refractivity contribution in [2.75, 3.05) is 32.2 Å². The Balaban J connectivity index is 0.00000150. The minimum absolute atomic E-state index is 0. The average Bonchev–Trinajstić information content (AvgIpc) is 3.11. The maximum atomic E-state index is 6.31. The van der Waals surface area contributed by atoms with Gasteiger partial charge in [0.25, 0.3) is 0 Å². The average molecular weight is 460 g/mol. The molecule has 1 aliphatic heterocycles. The number of piperidine rings is 1. The lowest BCUT2D eigenvalue weighted by molar-refractivity contribution is 0.395. The second-order valence-electron chi connectivity index (χ2n) is 6.81.